The zero-order chi connectivity index (χ0) is 17.6. The molecule has 4 heteroatoms. The van der Waals surface area contributed by atoms with E-state index in [9.17, 15) is 4.79 Å². The summed E-state index contributed by atoms with van der Waals surface area (Å²) in [6.45, 7) is 5.15. The molecule has 1 aromatic heterocycles. The topological polar surface area (TPSA) is 45.2 Å². The fourth-order valence-corrected chi connectivity index (χ4v) is 3.40. The van der Waals surface area contributed by atoms with Gasteiger partial charge in [0.2, 0.25) is 0 Å². The van der Waals surface area contributed by atoms with Crippen LogP contribution in [0.4, 0.5) is 5.69 Å². The molecule has 1 aliphatic carbocycles. The average molecular weight is 337 g/mol. The molecule has 0 radical (unpaired) electrons. The van der Waals surface area contributed by atoms with Gasteiger partial charge in [-0.15, -0.1) is 0 Å². The van der Waals surface area contributed by atoms with Gasteiger partial charge in [-0.05, 0) is 44.4 Å². The van der Waals surface area contributed by atoms with Crippen LogP contribution in [-0.4, -0.2) is 23.0 Å². The van der Waals surface area contributed by atoms with E-state index in [1.165, 1.54) is 18.4 Å². The first-order chi connectivity index (χ1) is 12.1. The monoisotopic (exact) mass is 337 g/mol. The van der Waals surface area contributed by atoms with Crippen LogP contribution in [0.5, 0.6) is 0 Å². The molecule has 0 bridgehead atoms. The minimum Gasteiger partial charge on any atom is -0.365 e. The minimum absolute atomic E-state index is 0.0582. The third-order valence-corrected chi connectivity index (χ3v) is 4.82. The van der Waals surface area contributed by atoms with Gasteiger partial charge in [-0.3, -0.25) is 9.78 Å². The predicted octanol–water partition coefficient (Wildman–Crippen LogP) is 4.17. The Morgan fingerprint density at radius 3 is 2.60 bits per heavy atom. The highest BCUT2D eigenvalue weighted by molar-refractivity contribution is 5.93. The fraction of sp³-hybridized carbons (Fsp3) is 0.429. The highest BCUT2D eigenvalue weighted by Gasteiger charge is 2.20. The van der Waals surface area contributed by atoms with Gasteiger partial charge in [0.1, 0.15) is 5.69 Å². The quantitative estimate of drug-likeness (QED) is 0.860. The molecule has 0 spiro atoms. The van der Waals surface area contributed by atoms with Crippen molar-refractivity contribution in [3.8, 4) is 0 Å². The van der Waals surface area contributed by atoms with E-state index in [-0.39, 0.29) is 5.91 Å². The zero-order valence-electron chi connectivity index (χ0n) is 15.1. The summed E-state index contributed by atoms with van der Waals surface area (Å²) in [5.74, 6) is -0.0582. The maximum Gasteiger partial charge on any atom is 0.270 e. The maximum absolute atomic E-state index is 12.5. The van der Waals surface area contributed by atoms with Crippen molar-refractivity contribution in [3.63, 3.8) is 0 Å². The summed E-state index contributed by atoms with van der Waals surface area (Å²) in [6, 6.07) is 14.9. The minimum atomic E-state index is -0.0582. The van der Waals surface area contributed by atoms with Crippen LogP contribution in [-0.2, 0) is 6.54 Å². The summed E-state index contributed by atoms with van der Waals surface area (Å²) in [7, 11) is 0. The Bertz CT molecular complexity index is 693. The van der Waals surface area contributed by atoms with Crippen LogP contribution in [0.1, 0.15) is 55.6 Å². The summed E-state index contributed by atoms with van der Waals surface area (Å²) in [4.78, 5) is 19.1. The third kappa shape index (κ3) is 4.59. The summed E-state index contributed by atoms with van der Waals surface area (Å²) >= 11 is 0. The number of carbonyl (C=O) groups is 1. The van der Waals surface area contributed by atoms with Crippen molar-refractivity contribution in [2.45, 2.75) is 58.2 Å². The fourth-order valence-electron chi connectivity index (χ4n) is 3.40. The lowest BCUT2D eigenvalue weighted by Crippen LogP contribution is -2.34. The summed E-state index contributed by atoms with van der Waals surface area (Å²) in [5.41, 5.74) is 2.79. The summed E-state index contributed by atoms with van der Waals surface area (Å²) < 4.78 is 0. The molecule has 0 atom stereocenters. The van der Waals surface area contributed by atoms with Gasteiger partial charge in [-0.2, -0.15) is 0 Å². The maximum atomic E-state index is 12.5. The first-order valence-electron chi connectivity index (χ1n) is 9.21. The second-order valence-corrected chi connectivity index (χ2v) is 7.06. The van der Waals surface area contributed by atoms with Crippen LogP contribution in [0.25, 0.3) is 0 Å². The second-order valence-electron chi connectivity index (χ2n) is 7.06. The molecule has 1 N–H and O–H groups in total. The van der Waals surface area contributed by atoms with E-state index in [1.807, 2.05) is 18.2 Å². The van der Waals surface area contributed by atoms with E-state index in [2.05, 4.69) is 53.3 Å². The highest BCUT2D eigenvalue weighted by Crippen LogP contribution is 2.22. The molecule has 0 aliphatic heterocycles. The number of hydrogen-bond acceptors (Lipinski definition) is 3. The molecule has 1 aliphatic rings. The molecule has 3 rings (SSSR count). The first kappa shape index (κ1) is 17.5. The largest absolute Gasteiger partial charge is 0.365 e. The number of rotatable bonds is 6. The van der Waals surface area contributed by atoms with Crippen LogP contribution in [0, 0.1) is 0 Å². The van der Waals surface area contributed by atoms with Gasteiger partial charge < -0.3 is 10.2 Å². The predicted molar refractivity (Wildman–Crippen MR) is 102 cm³/mol. The number of carbonyl (C=O) groups excluding carboxylic acids is 1. The average Bonchev–Trinajstić information content (AvgIpc) is 3.13. The van der Waals surface area contributed by atoms with Crippen LogP contribution in [0.15, 0.2) is 48.7 Å². The smallest absolute Gasteiger partial charge is 0.270 e. The first-order valence-corrected chi connectivity index (χ1v) is 9.21. The lowest BCUT2D eigenvalue weighted by molar-refractivity contribution is 0.0933. The molecular formula is C21H27N3O. The van der Waals surface area contributed by atoms with Crippen LogP contribution in [0.2, 0.25) is 0 Å². The van der Waals surface area contributed by atoms with Crippen molar-refractivity contribution >= 4 is 11.6 Å². The number of benzene rings is 1. The van der Waals surface area contributed by atoms with Gasteiger partial charge in [0.05, 0.1) is 0 Å². The van der Waals surface area contributed by atoms with Crippen molar-refractivity contribution in [3.05, 3.63) is 59.9 Å². The van der Waals surface area contributed by atoms with Crippen molar-refractivity contribution < 1.29 is 4.79 Å². The summed E-state index contributed by atoms with van der Waals surface area (Å²) in [6.07, 6.45) is 6.31. The van der Waals surface area contributed by atoms with E-state index in [4.69, 9.17) is 0 Å². The SMILES string of the molecule is CC(C)N(Cc1ccccc1)c1ccnc(C(=O)NC2CCCC2)c1. The Labute approximate surface area is 150 Å². The molecule has 132 valence electrons. The molecule has 1 amide bonds. The number of nitrogens with zero attached hydrogens (tertiary/aromatic N) is 2. The van der Waals surface area contributed by atoms with Gasteiger partial charge in [0.15, 0.2) is 0 Å². The van der Waals surface area contributed by atoms with Crippen LogP contribution < -0.4 is 10.2 Å². The van der Waals surface area contributed by atoms with Crippen LogP contribution in [0.3, 0.4) is 0 Å². The molecular weight excluding hydrogens is 310 g/mol. The Balaban J connectivity index is 1.76. The van der Waals surface area contributed by atoms with Crippen molar-refractivity contribution in [2.24, 2.45) is 0 Å². The lowest BCUT2D eigenvalue weighted by Gasteiger charge is -2.29. The Morgan fingerprint density at radius 1 is 1.20 bits per heavy atom. The molecule has 1 fully saturated rings. The van der Waals surface area contributed by atoms with Gasteiger partial charge in [0, 0.05) is 30.5 Å². The van der Waals surface area contributed by atoms with E-state index >= 15 is 0 Å². The van der Waals surface area contributed by atoms with E-state index < -0.39 is 0 Å². The van der Waals surface area contributed by atoms with Crippen molar-refractivity contribution in [2.75, 3.05) is 4.90 Å². The normalized spacial score (nSPS) is 14.7. The number of hydrogen-bond donors (Lipinski definition) is 1. The van der Waals surface area contributed by atoms with Gasteiger partial charge in [-0.25, -0.2) is 0 Å². The molecule has 0 unspecified atom stereocenters. The highest BCUT2D eigenvalue weighted by atomic mass is 16.1. The lowest BCUT2D eigenvalue weighted by atomic mass is 10.1. The molecule has 1 aromatic carbocycles. The van der Waals surface area contributed by atoms with E-state index in [0.717, 1.165) is 25.1 Å². The molecule has 0 saturated heterocycles. The molecule has 1 saturated carbocycles. The number of pyridine rings is 1. The van der Waals surface area contributed by atoms with Crippen LogP contribution >= 0.6 is 0 Å². The summed E-state index contributed by atoms with van der Waals surface area (Å²) in [5, 5.41) is 3.12. The number of anilines is 1. The number of amides is 1. The van der Waals surface area contributed by atoms with Crippen molar-refractivity contribution in [1.82, 2.24) is 10.3 Å². The second kappa shape index (κ2) is 8.15. The molecule has 4 nitrogen and oxygen atoms in total. The standard InChI is InChI=1S/C21H27N3O/c1-16(2)24(15-17-8-4-3-5-9-17)19-12-13-22-20(14-19)21(25)23-18-10-6-7-11-18/h3-5,8-9,12-14,16,18H,6-7,10-11,15H2,1-2H3,(H,23,25). The molecule has 25 heavy (non-hydrogen) atoms. The van der Waals surface area contributed by atoms with E-state index in [1.54, 1.807) is 6.20 Å². The Kier molecular flexibility index (Phi) is 5.69. The van der Waals surface area contributed by atoms with Gasteiger partial charge >= 0.3 is 0 Å². The molecule has 2 aromatic rings. The Morgan fingerprint density at radius 2 is 1.92 bits per heavy atom. The third-order valence-electron chi connectivity index (χ3n) is 4.82. The van der Waals surface area contributed by atoms with Crippen molar-refractivity contribution in [1.29, 1.82) is 0 Å². The van der Waals surface area contributed by atoms with Gasteiger partial charge in [0.25, 0.3) is 5.91 Å². The number of nitrogens with one attached hydrogen (secondary N) is 1. The Hall–Kier alpha value is -2.36. The van der Waals surface area contributed by atoms with Gasteiger partial charge in [-0.1, -0.05) is 43.2 Å². The van der Waals surface area contributed by atoms with E-state index in [0.29, 0.717) is 17.8 Å². The zero-order valence-corrected chi connectivity index (χ0v) is 15.1. The molecule has 1 heterocycles. The number of aromatic nitrogens is 1.